The second-order valence-electron chi connectivity index (χ2n) is 5.83. The van der Waals surface area contributed by atoms with Gasteiger partial charge in [-0.2, -0.15) is 0 Å². The first-order chi connectivity index (χ1) is 6.02. The number of nitrogens with zero attached hydrogens (tertiary/aromatic N) is 1. The van der Waals surface area contributed by atoms with Crippen molar-refractivity contribution in [2.45, 2.75) is 52.6 Å². The Morgan fingerprint density at radius 2 is 1.57 bits per heavy atom. The molecule has 1 N–H and O–H groups in total. The van der Waals surface area contributed by atoms with Gasteiger partial charge in [0.15, 0.2) is 0 Å². The van der Waals surface area contributed by atoms with E-state index in [1.165, 1.54) is 0 Å². The minimum atomic E-state index is -0.143. The van der Waals surface area contributed by atoms with Gasteiger partial charge in [-0.3, -0.25) is 9.69 Å². The van der Waals surface area contributed by atoms with E-state index in [0.29, 0.717) is 6.54 Å². The molecule has 0 spiro atoms. The lowest BCUT2D eigenvalue weighted by molar-refractivity contribution is -0.124. The number of nitrogens with one attached hydrogen (secondary N) is 1. The number of likely N-dealkylation sites (N-methyl/N-ethyl adjacent to an activating group) is 1. The molecular formula is C11H24N2O. The summed E-state index contributed by atoms with van der Waals surface area (Å²) in [6, 6.07) is 0. The van der Waals surface area contributed by atoms with Gasteiger partial charge in [0.05, 0.1) is 6.54 Å². The molecule has 3 nitrogen and oxygen atoms in total. The predicted molar refractivity (Wildman–Crippen MR) is 60.3 cm³/mol. The van der Waals surface area contributed by atoms with Crippen LogP contribution in [-0.2, 0) is 4.79 Å². The van der Waals surface area contributed by atoms with Crippen LogP contribution < -0.4 is 5.32 Å². The zero-order chi connectivity index (χ0) is 11.6. The Hall–Kier alpha value is -0.570. The summed E-state index contributed by atoms with van der Waals surface area (Å²) in [5, 5.41) is 2.94. The van der Waals surface area contributed by atoms with Crippen LogP contribution in [-0.4, -0.2) is 35.5 Å². The Bertz CT molecular complexity index is 198. The number of rotatable bonds is 2. The fraction of sp³-hybridized carbons (Fsp3) is 0.909. The Morgan fingerprint density at radius 1 is 1.14 bits per heavy atom. The van der Waals surface area contributed by atoms with E-state index in [9.17, 15) is 4.79 Å². The van der Waals surface area contributed by atoms with Gasteiger partial charge in [0, 0.05) is 11.1 Å². The zero-order valence-electron chi connectivity index (χ0n) is 10.6. The molecule has 1 amide bonds. The third-order valence-corrected chi connectivity index (χ3v) is 2.04. The lowest BCUT2D eigenvalue weighted by atomic mass is 10.1. The van der Waals surface area contributed by atoms with Gasteiger partial charge in [0.2, 0.25) is 5.91 Å². The van der Waals surface area contributed by atoms with Crippen LogP contribution in [0.1, 0.15) is 41.5 Å². The monoisotopic (exact) mass is 200 g/mol. The molecule has 0 saturated carbocycles. The molecule has 0 aliphatic rings. The van der Waals surface area contributed by atoms with Gasteiger partial charge in [-0.15, -0.1) is 0 Å². The van der Waals surface area contributed by atoms with Crippen molar-refractivity contribution in [2.75, 3.05) is 13.6 Å². The summed E-state index contributed by atoms with van der Waals surface area (Å²) in [7, 11) is 1.96. The molecule has 0 unspecified atom stereocenters. The number of amides is 1. The number of hydrogen-bond acceptors (Lipinski definition) is 2. The molecule has 3 heteroatoms. The van der Waals surface area contributed by atoms with Gasteiger partial charge in [0.25, 0.3) is 0 Å². The number of hydrogen-bond donors (Lipinski definition) is 1. The fourth-order valence-corrected chi connectivity index (χ4v) is 0.910. The molecule has 0 atom stereocenters. The average molecular weight is 200 g/mol. The second kappa shape index (κ2) is 4.30. The molecule has 0 fully saturated rings. The topological polar surface area (TPSA) is 32.3 Å². The summed E-state index contributed by atoms with van der Waals surface area (Å²) in [4.78, 5) is 13.6. The molecule has 0 aromatic carbocycles. The highest BCUT2D eigenvalue weighted by Gasteiger charge is 2.21. The zero-order valence-corrected chi connectivity index (χ0v) is 10.6. The van der Waals surface area contributed by atoms with E-state index in [4.69, 9.17) is 0 Å². The minimum Gasteiger partial charge on any atom is -0.350 e. The van der Waals surface area contributed by atoms with Gasteiger partial charge in [-0.25, -0.2) is 0 Å². The van der Waals surface area contributed by atoms with Crippen molar-refractivity contribution in [2.24, 2.45) is 0 Å². The van der Waals surface area contributed by atoms with Crippen LogP contribution in [0.15, 0.2) is 0 Å². The van der Waals surface area contributed by atoms with Crippen molar-refractivity contribution >= 4 is 5.91 Å². The van der Waals surface area contributed by atoms with E-state index in [1.807, 2.05) is 32.7 Å². The smallest absolute Gasteiger partial charge is 0.234 e. The highest BCUT2D eigenvalue weighted by atomic mass is 16.2. The van der Waals surface area contributed by atoms with Crippen LogP contribution in [0.3, 0.4) is 0 Å². The maximum absolute atomic E-state index is 11.6. The molecule has 0 rings (SSSR count). The molecule has 0 aromatic rings. The first kappa shape index (κ1) is 13.4. The predicted octanol–water partition coefficient (Wildman–Crippen LogP) is 1.63. The van der Waals surface area contributed by atoms with Crippen molar-refractivity contribution in [1.82, 2.24) is 10.2 Å². The van der Waals surface area contributed by atoms with Gasteiger partial charge in [0.1, 0.15) is 0 Å². The summed E-state index contributed by atoms with van der Waals surface area (Å²) >= 11 is 0. The third-order valence-electron chi connectivity index (χ3n) is 2.04. The first-order valence-electron chi connectivity index (χ1n) is 5.04. The normalized spacial score (nSPS) is 13.1. The summed E-state index contributed by atoms with van der Waals surface area (Å²) in [6.07, 6.45) is 0. The molecule has 0 aliphatic carbocycles. The van der Waals surface area contributed by atoms with Crippen molar-refractivity contribution < 1.29 is 4.79 Å². The van der Waals surface area contributed by atoms with E-state index in [-0.39, 0.29) is 17.0 Å². The first-order valence-corrected chi connectivity index (χ1v) is 5.04. The van der Waals surface area contributed by atoms with E-state index in [0.717, 1.165) is 0 Å². The summed E-state index contributed by atoms with van der Waals surface area (Å²) < 4.78 is 0. The SMILES string of the molecule is CN(CC(=O)NC(C)(C)C)C(C)(C)C. The highest BCUT2D eigenvalue weighted by Crippen LogP contribution is 2.09. The lowest BCUT2D eigenvalue weighted by Crippen LogP contribution is -2.49. The average Bonchev–Trinajstić information content (AvgIpc) is 1.79. The molecule has 0 aliphatic heterocycles. The highest BCUT2D eigenvalue weighted by molar-refractivity contribution is 5.78. The lowest BCUT2D eigenvalue weighted by Gasteiger charge is -2.32. The molecule has 14 heavy (non-hydrogen) atoms. The molecule has 0 bridgehead atoms. The minimum absolute atomic E-state index is 0.0369. The second-order valence-corrected chi connectivity index (χ2v) is 5.83. The standard InChI is InChI=1S/C11H24N2O/c1-10(2,3)12-9(14)8-13(7)11(4,5)6/h8H2,1-7H3,(H,12,14). The van der Waals surface area contributed by atoms with Gasteiger partial charge in [-0.05, 0) is 48.6 Å². The van der Waals surface area contributed by atoms with Crippen LogP contribution in [0.4, 0.5) is 0 Å². The largest absolute Gasteiger partial charge is 0.350 e. The van der Waals surface area contributed by atoms with Gasteiger partial charge < -0.3 is 5.32 Å². The van der Waals surface area contributed by atoms with E-state index in [1.54, 1.807) is 0 Å². The van der Waals surface area contributed by atoms with Crippen LogP contribution in [0.5, 0.6) is 0 Å². The van der Waals surface area contributed by atoms with E-state index < -0.39 is 0 Å². The van der Waals surface area contributed by atoms with E-state index in [2.05, 4.69) is 26.1 Å². The fourth-order valence-electron chi connectivity index (χ4n) is 0.910. The van der Waals surface area contributed by atoms with Crippen LogP contribution in [0.25, 0.3) is 0 Å². The van der Waals surface area contributed by atoms with Crippen LogP contribution in [0, 0.1) is 0 Å². The van der Waals surface area contributed by atoms with Gasteiger partial charge in [-0.1, -0.05) is 0 Å². The van der Waals surface area contributed by atoms with Crippen molar-refractivity contribution in [3.05, 3.63) is 0 Å². The molecule has 0 saturated heterocycles. The number of carbonyl (C=O) groups excluding carboxylic acids is 1. The number of carbonyl (C=O) groups is 1. The van der Waals surface area contributed by atoms with Crippen LogP contribution in [0.2, 0.25) is 0 Å². The Kier molecular flexibility index (Phi) is 4.13. The third kappa shape index (κ3) is 5.97. The van der Waals surface area contributed by atoms with Crippen LogP contribution >= 0.6 is 0 Å². The summed E-state index contributed by atoms with van der Waals surface area (Å²) in [6.45, 7) is 12.7. The molecule has 0 heterocycles. The molecule has 0 radical (unpaired) electrons. The quantitative estimate of drug-likeness (QED) is 0.735. The molecule has 84 valence electrons. The van der Waals surface area contributed by atoms with Gasteiger partial charge >= 0.3 is 0 Å². The Balaban J connectivity index is 4.09. The van der Waals surface area contributed by atoms with Crippen molar-refractivity contribution in [1.29, 1.82) is 0 Å². The van der Waals surface area contributed by atoms with Crippen molar-refractivity contribution in [3.63, 3.8) is 0 Å². The maximum Gasteiger partial charge on any atom is 0.234 e. The molecular weight excluding hydrogens is 176 g/mol. The van der Waals surface area contributed by atoms with E-state index >= 15 is 0 Å². The summed E-state index contributed by atoms with van der Waals surface area (Å²) in [5.41, 5.74) is -0.106. The van der Waals surface area contributed by atoms with Crippen molar-refractivity contribution in [3.8, 4) is 0 Å². The summed E-state index contributed by atoms with van der Waals surface area (Å²) in [5.74, 6) is 0.0786. The Labute approximate surface area is 87.9 Å². The Morgan fingerprint density at radius 3 is 1.86 bits per heavy atom. The maximum atomic E-state index is 11.6. The molecule has 0 aromatic heterocycles.